The molecular formula is C15H20O5. The van der Waals surface area contributed by atoms with Gasteiger partial charge in [-0.3, -0.25) is 0 Å². The molecule has 110 valence electrons. The zero-order valence-electron chi connectivity index (χ0n) is 11.1. The number of hydrogen-bond donors (Lipinski definition) is 4. The van der Waals surface area contributed by atoms with Crippen molar-refractivity contribution in [2.75, 3.05) is 6.61 Å². The lowest BCUT2D eigenvalue weighted by Crippen LogP contribution is -2.55. The summed E-state index contributed by atoms with van der Waals surface area (Å²) in [7, 11) is 0. The Kier molecular flexibility index (Phi) is 4.91. The van der Waals surface area contributed by atoms with E-state index in [1.165, 1.54) is 0 Å². The maximum absolute atomic E-state index is 10.0. The molecule has 0 amide bonds. The van der Waals surface area contributed by atoms with Crippen molar-refractivity contribution in [2.45, 2.75) is 36.9 Å². The molecule has 0 spiro atoms. The van der Waals surface area contributed by atoms with Crippen LogP contribution in [-0.2, 0) is 11.2 Å². The Bertz CT molecular complexity index is 442. The van der Waals surface area contributed by atoms with Crippen molar-refractivity contribution in [3.8, 4) is 0 Å². The minimum atomic E-state index is -1.35. The molecule has 0 saturated carbocycles. The third kappa shape index (κ3) is 2.92. The molecule has 1 aromatic rings. The van der Waals surface area contributed by atoms with Crippen LogP contribution in [0.15, 0.2) is 36.9 Å². The van der Waals surface area contributed by atoms with E-state index in [9.17, 15) is 15.3 Å². The van der Waals surface area contributed by atoms with Crippen LogP contribution < -0.4 is 0 Å². The Hall–Kier alpha value is -1.24. The van der Waals surface area contributed by atoms with Crippen molar-refractivity contribution in [1.82, 2.24) is 0 Å². The summed E-state index contributed by atoms with van der Waals surface area (Å²) in [5, 5.41) is 38.7. The molecule has 1 fully saturated rings. The van der Waals surface area contributed by atoms with E-state index in [1.807, 2.05) is 12.1 Å². The van der Waals surface area contributed by atoms with Crippen molar-refractivity contribution in [2.24, 2.45) is 0 Å². The minimum Gasteiger partial charge on any atom is -0.394 e. The topological polar surface area (TPSA) is 90.2 Å². The highest BCUT2D eigenvalue weighted by Gasteiger charge is 2.43. The number of allylic oxidation sites excluding steroid dienone is 1. The molecule has 5 nitrogen and oxygen atoms in total. The summed E-state index contributed by atoms with van der Waals surface area (Å²) in [6.07, 6.45) is -3.03. The predicted molar refractivity (Wildman–Crippen MR) is 73.1 cm³/mol. The van der Waals surface area contributed by atoms with Gasteiger partial charge < -0.3 is 25.2 Å². The lowest BCUT2D eigenvalue weighted by Gasteiger charge is -2.40. The summed E-state index contributed by atoms with van der Waals surface area (Å²) in [5.74, 6) is 0. The number of rotatable bonds is 4. The summed E-state index contributed by atoms with van der Waals surface area (Å²) in [5.41, 5.74) is 1.77. The molecule has 0 aliphatic carbocycles. The van der Waals surface area contributed by atoms with Crippen molar-refractivity contribution >= 4 is 0 Å². The molecule has 1 saturated heterocycles. The fourth-order valence-corrected chi connectivity index (χ4v) is 2.39. The zero-order valence-corrected chi connectivity index (χ0v) is 11.1. The molecule has 0 bridgehead atoms. The van der Waals surface area contributed by atoms with Crippen LogP contribution in [0.5, 0.6) is 0 Å². The van der Waals surface area contributed by atoms with E-state index in [4.69, 9.17) is 9.84 Å². The van der Waals surface area contributed by atoms with Gasteiger partial charge >= 0.3 is 0 Å². The standard InChI is InChI=1S/C15H20O5/c1-2-3-9-4-6-10(7-5-9)15-14(19)13(18)12(17)11(8-16)20-15/h2,4-7,11-19H,1,3,8H2/t11-,12-,13+,14-,15+/m1/s1. The van der Waals surface area contributed by atoms with E-state index in [0.717, 1.165) is 12.0 Å². The molecule has 0 radical (unpaired) electrons. The highest BCUT2D eigenvalue weighted by atomic mass is 16.5. The molecule has 1 aliphatic heterocycles. The second-order valence-corrected chi connectivity index (χ2v) is 4.98. The van der Waals surface area contributed by atoms with E-state index in [-0.39, 0.29) is 0 Å². The Morgan fingerprint density at radius 3 is 2.25 bits per heavy atom. The van der Waals surface area contributed by atoms with Gasteiger partial charge in [0.15, 0.2) is 0 Å². The molecule has 5 atom stereocenters. The van der Waals surface area contributed by atoms with Gasteiger partial charge in [0.2, 0.25) is 0 Å². The fourth-order valence-electron chi connectivity index (χ4n) is 2.39. The maximum Gasteiger partial charge on any atom is 0.113 e. The molecule has 1 aliphatic rings. The quantitative estimate of drug-likeness (QED) is 0.580. The van der Waals surface area contributed by atoms with Gasteiger partial charge in [0.25, 0.3) is 0 Å². The number of hydrogen-bond acceptors (Lipinski definition) is 5. The maximum atomic E-state index is 10.0. The largest absolute Gasteiger partial charge is 0.394 e. The fraction of sp³-hybridized carbons (Fsp3) is 0.467. The molecule has 0 unspecified atom stereocenters. The summed E-state index contributed by atoms with van der Waals surface area (Å²) in [4.78, 5) is 0. The van der Waals surface area contributed by atoms with E-state index in [0.29, 0.717) is 5.56 Å². The molecule has 20 heavy (non-hydrogen) atoms. The van der Waals surface area contributed by atoms with Gasteiger partial charge in [-0.25, -0.2) is 0 Å². The van der Waals surface area contributed by atoms with Crippen molar-refractivity contribution in [3.05, 3.63) is 48.0 Å². The van der Waals surface area contributed by atoms with E-state index in [1.54, 1.807) is 18.2 Å². The lowest BCUT2D eigenvalue weighted by molar-refractivity contribution is -0.231. The Morgan fingerprint density at radius 1 is 1.05 bits per heavy atom. The Balaban J connectivity index is 2.19. The SMILES string of the molecule is C=CCc1ccc([C@@H]2O[C@H](CO)[C@@H](O)[C@H](O)[C@H]2O)cc1. The van der Waals surface area contributed by atoms with Gasteiger partial charge in [-0.05, 0) is 17.5 Å². The summed E-state index contributed by atoms with van der Waals surface area (Å²) in [6, 6.07) is 7.37. The predicted octanol–water partition coefficient (Wildman–Crippen LogP) is -0.0700. The van der Waals surface area contributed by atoms with Gasteiger partial charge in [-0.1, -0.05) is 30.3 Å². The monoisotopic (exact) mass is 280 g/mol. The van der Waals surface area contributed by atoms with Gasteiger partial charge in [0, 0.05) is 0 Å². The number of aliphatic hydroxyl groups is 4. The molecule has 1 aromatic carbocycles. The Labute approximate surface area is 117 Å². The van der Waals surface area contributed by atoms with Crippen LogP contribution in [0.3, 0.4) is 0 Å². The smallest absolute Gasteiger partial charge is 0.113 e. The van der Waals surface area contributed by atoms with Crippen LogP contribution in [0.25, 0.3) is 0 Å². The molecule has 1 heterocycles. The molecular weight excluding hydrogens is 260 g/mol. The normalized spacial score (nSPS) is 33.9. The molecule has 4 N–H and O–H groups in total. The van der Waals surface area contributed by atoms with E-state index < -0.39 is 37.1 Å². The number of ether oxygens (including phenoxy) is 1. The van der Waals surface area contributed by atoms with Crippen molar-refractivity contribution in [3.63, 3.8) is 0 Å². The van der Waals surface area contributed by atoms with Crippen molar-refractivity contribution < 1.29 is 25.2 Å². The summed E-state index contributed by atoms with van der Waals surface area (Å²) in [6.45, 7) is 3.25. The van der Waals surface area contributed by atoms with E-state index >= 15 is 0 Å². The third-order valence-electron chi connectivity index (χ3n) is 3.58. The number of aliphatic hydroxyl groups excluding tert-OH is 4. The second-order valence-electron chi connectivity index (χ2n) is 4.98. The van der Waals surface area contributed by atoms with Crippen LogP contribution >= 0.6 is 0 Å². The first-order valence-electron chi connectivity index (χ1n) is 6.58. The van der Waals surface area contributed by atoms with Crippen LogP contribution in [0.4, 0.5) is 0 Å². The lowest BCUT2D eigenvalue weighted by atomic mass is 9.91. The van der Waals surface area contributed by atoms with Crippen LogP contribution in [0, 0.1) is 0 Å². The van der Waals surface area contributed by atoms with Crippen molar-refractivity contribution in [1.29, 1.82) is 0 Å². The number of benzene rings is 1. The second kappa shape index (κ2) is 6.47. The van der Waals surface area contributed by atoms with Crippen LogP contribution in [0.1, 0.15) is 17.2 Å². The van der Waals surface area contributed by atoms with Gasteiger partial charge in [0.05, 0.1) is 6.61 Å². The van der Waals surface area contributed by atoms with E-state index in [2.05, 4.69) is 6.58 Å². The third-order valence-corrected chi connectivity index (χ3v) is 3.58. The highest BCUT2D eigenvalue weighted by Crippen LogP contribution is 2.32. The van der Waals surface area contributed by atoms with Gasteiger partial charge in [-0.2, -0.15) is 0 Å². The average Bonchev–Trinajstić information content (AvgIpc) is 2.47. The zero-order chi connectivity index (χ0) is 14.7. The van der Waals surface area contributed by atoms with Gasteiger partial charge in [-0.15, -0.1) is 6.58 Å². The highest BCUT2D eigenvalue weighted by molar-refractivity contribution is 5.27. The van der Waals surface area contributed by atoms with Crippen LogP contribution in [0.2, 0.25) is 0 Å². The molecule has 5 heteroatoms. The molecule has 2 rings (SSSR count). The first-order chi connectivity index (χ1) is 9.58. The summed E-state index contributed by atoms with van der Waals surface area (Å²) < 4.78 is 5.49. The summed E-state index contributed by atoms with van der Waals surface area (Å²) >= 11 is 0. The van der Waals surface area contributed by atoms with Crippen LogP contribution in [-0.4, -0.2) is 51.4 Å². The first kappa shape index (κ1) is 15.2. The average molecular weight is 280 g/mol. The van der Waals surface area contributed by atoms with Gasteiger partial charge in [0.1, 0.15) is 30.5 Å². The Morgan fingerprint density at radius 2 is 1.70 bits per heavy atom. The molecule has 0 aromatic heterocycles. The minimum absolute atomic E-state index is 0.421. The first-order valence-corrected chi connectivity index (χ1v) is 6.58.